The minimum Gasteiger partial charge on any atom is -0.354 e. The third-order valence-corrected chi connectivity index (χ3v) is 7.42. The molecule has 0 aromatic carbocycles. The van der Waals surface area contributed by atoms with Gasteiger partial charge in [0.05, 0.1) is 17.1 Å². The van der Waals surface area contributed by atoms with Crippen LogP contribution in [0.4, 0.5) is 26.2 Å². The highest BCUT2D eigenvalue weighted by atomic mass is 19.3. The van der Waals surface area contributed by atoms with Gasteiger partial charge in [0.2, 0.25) is 12.4 Å². The molecule has 9 nitrogen and oxygen atoms in total. The second kappa shape index (κ2) is 11.0. The highest BCUT2D eigenvalue weighted by Crippen LogP contribution is 2.34. The smallest absolute Gasteiger partial charge is 0.238 e. The number of hydrogen-bond donors (Lipinski definition) is 3. The van der Waals surface area contributed by atoms with Crippen LogP contribution in [0.1, 0.15) is 31.0 Å². The lowest BCUT2D eigenvalue weighted by Gasteiger charge is -2.28. The summed E-state index contributed by atoms with van der Waals surface area (Å²) in [4.78, 5) is 28.8. The summed E-state index contributed by atoms with van der Waals surface area (Å²) in [6, 6.07) is 8.01. The average Bonchev–Trinajstić information content (AvgIpc) is 3.39. The van der Waals surface area contributed by atoms with E-state index < -0.39 is 6.43 Å². The summed E-state index contributed by atoms with van der Waals surface area (Å²) in [7, 11) is 0. The first kappa shape index (κ1) is 25.3. The van der Waals surface area contributed by atoms with E-state index in [9.17, 15) is 8.78 Å². The lowest BCUT2D eigenvalue weighted by molar-refractivity contribution is 0.131. The minimum absolute atomic E-state index is 0.0114. The number of fused-ring (bicyclic) bond motifs is 2. The van der Waals surface area contributed by atoms with E-state index in [4.69, 9.17) is 4.98 Å². The largest absolute Gasteiger partial charge is 0.354 e. The Morgan fingerprint density at radius 3 is 2.74 bits per heavy atom. The highest BCUT2D eigenvalue weighted by molar-refractivity contribution is 5.93. The molecule has 6 heterocycles. The van der Waals surface area contributed by atoms with Gasteiger partial charge in [-0.3, -0.25) is 9.98 Å². The lowest BCUT2D eigenvalue weighted by atomic mass is 9.90. The Kier molecular flexibility index (Phi) is 7.14. The van der Waals surface area contributed by atoms with Crippen LogP contribution in [-0.2, 0) is 13.0 Å². The molecular weight excluding hydrogens is 500 g/mol. The zero-order chi connectivity index (χ0) is 26.8. The van der Waals surface area contributed by atoms with Gasteiger partial charge in [-0.1, -0.05) is 6.07 Å². The molecule has 0 amide bonds. The number of anilines is 2. The molecule has 0 saturated carbocycles. The molecule has 2 aliphatic rings. The molecular formula is C28H31F2N9. The molecule has 1 fully saturated rings. The van der Waals surface area contributed by atoms with Crippen molar-refractivity contribution in [2.75, 3.05) is 36.4 Å². The molecule has 11 heteroatoms. The van der Waals surface area contributed by atoms with Crippen LogP contribution in [0.15, 0.2) is 47.8 Å². The maximum atomic E-state index is 12.8. The van der Waals surface area contributed by atoms with Crippen molar-refractivity contribution in [3.8, 4) is 11.3 Å². The number of nitrogens with one attached hydrogen (secondary N) is 3. The van der Waals surface area contributed by atoms with Gasteiger partial charge in [-0.05, 0) is 43.5 Å². The fourth-order valence-electron chi connectivity index (χ4n) is 5.18. The fourth-order valence-corrected chi connectivity index (χ4v) is 5.18. The Balaban J connectivity index is 1.14. The van der Waals surface area contributed by atoms with Gasteiger partial charge in [-0.2, -0.15) is 4.98 Å². The minimum atomic E-state index is -2.30. The SMILES string of the molecule is CC1=Nc2ccc(-c3c[nH]c4nc(NCc5ccc(N6CCNCC6)nc5)ncc34)nc2C[C@@H]1CCC(F)F. The van der Waals surface area contributed by atoms with Gasteiger partial charge in [0.1, 0.15) is 11.5 Å². The maximum Gasteiger partial charge on any atom is 0.238 e. The van der Waals surface area contributed by atoms with Crippen LogP contribution in [0.25, 0.3) is 22.3 Å². The number of aromatic nitrogens is 5. The molecule has 1 saturated heterocycles. The predicted molar refractivity (Wildman–Crippen MR) is 149 cm³/mol. The van der Waals surface area contributed by atoms with Crippen LogP contribution in [0.3, 0.4) is 0 Å². The summed E-state index contributed by atoms with van der Waals surface area (Å²) >= 11 is 0. The van der Waals surface area contributed by atoms with Crippen molar-refractivity contribution in [1.82, 2.24) is 30.2 Å². The summed E-state index contributed by atoms with van der Waals surface area (Å²) < 4.78 is 25.5. The van der Waals surface area contributed by atoms with Crippen LogP contribution in [-0.4, -0.2) is 63.2 Å². The number of halogens is 2. The van der Waals surface area contributed by atoms with Crippen LogP contribution in [0.5, 0.6) is 0 Å². The van der Waals surface area contributed by atoms with Crippen LogP contribution >= 0.6 is 0 Å². The van der Waals surface area contributed by atoms with E-state index in [2.05, 4.69) is 52.6 Å². The van der Waals surface area contributed by atoms with Crippen molar-refractivity contribution in [1.29, 1.82) is 0 Å². The Morgan fingerprint density at radius 1 is 1.08 bits per heavy atom. The van der Waals surface area contributed by atoms with Gasteiger partial charge in [0.25, 0.3) is 0 Å². The van der Waals surface area contributed by atoms with E-state index in [0.717, 1.165) is 71.3 Å². The summed E-state index contributed by atoms with van der Waals surface area (Å²) in [5, 5.41) is 7.50. The number of hydrogen-bond acceptors (Lipinski definition) is 8. The number of aromatic amines is 1. The van der Waals surface area contributed by atoms with Crippen molar-refractivity contribution in [3.63, 3.8) is 0 Å². The van der Waals surface area contributed by atoms with Crippen LogP contribution in [0, 0.1) is 5.92 Å². The fraction of sp³-hybridized carbons (Fsp3) is 0.393. The Morgan fingerprint density at radius 2 is 1.95 bits per heavy atom. The number of H-pyrrole nitrogens is 1. The monoisotopic (exact) mass is 531 g/mol. The van der Waals surface area contributed by atoms with Crippen LogP contribution in [0.2, 0.25) is 0 Å². The van der Waals surface area contributed by atoms with E-state index in [0.29, 0.717) is 31.0 Å². The topological polar surface area (TPSA) is 107 Å². The number of alkyl halides is 2. The van der Waals surface area contributed by atoms with Gasteiger partial charge in [0, 0.05) is 80.3 Å². The Labute approximate surface area is 225 Å². The first-order valence-electron chi connectivity index (χ1n) is 13.4. The van der Waals surface area contributed by atoms with Gasteiger partial charge in [0.15, 0.2) is 0 Å². The molecule has 39 heavy (non-hydrogen) atoms. The van der Waals surface area contributed by atoms with Crippen molar-refractivity contribution < 1.29 is 8.78 Å². The first-order chi connectivity index (χ1) is 19.0. The van der Waals surface area contributed by atoms with Gasteiger partial charge < -0.3 is 20.5 Å². The summed E-state index contributed by atoms with van der Waals surface area (Å²) in [6.45, 7) is 6.36. The van der Waals surface area contributed by atoms with Crippen molar-refractivity contribution in [2.45, 2.75) is 39.2 Å². The van der Waals surface area contributed by atoms with E-state index >= 15 is 0 Å². The van der Waals surface area contributed by atoms with E-state index in [1.165, 1.54) is 0 Å². The zero-order valence-corrected chi connectivity index (χ0v) is 21.8. The molecule has 0 spiro atoms. The van der Waals surface area contributed by atoms with Crippen LogP contribution < -0.4 is 15.5 Å². The molecule has 202 valence electrons. The molecule has 0 radical (unpaired) electrons. The zero-order valence-electron chi connectivity index (χ0n) is 21.8. The van der Waals surface area contributed by atoms with Gasteiger partial charge >= 0.3 is 0 Å². The van der Waals surface area contributed by atoms with E-state index in [1.54, 1.807) is 6.20 Å². The molecule has 1 atom stereocenters. The molecule has 2 aliphatic heterocycles. The maximum absolute atomic E-state index is 12.8. The van der Waals surface area contributed by atoms with E-state index in [1.807, 2.05) is 31.5 Å². The quantitative estimate of drug-likeness (QED) is 0.301. The average molecular weight is 532 g/mol. The molecule has 4 aromatic rings. The molecule has 4 aromatic heterocycles. The third kappa shape index (κ3) is 5.58. The third-order valence-electron chi connectivity index (χ3n) is 7.42. The summed E-state index contributed by atoms with van der Waals surface area (Å²) in [5.74, 6) is 1.51. The Bertz CT molecular complexity index is 1480. The number of pyridine rings is 2. The number of aliphatic imine (C=N–C) groups is 1. The summed E-state index contributed by atoms with van der Waals surface area (Å²) in [6.07, 6.45) is 4.15. The standard InChI is InChI=1S/C28H31F2N9/c1-17-19(3-6-25(29)30)12-24-23(36-17)5-4-22(37-24)20-15-33-27-21(20)16-35-28(38-27)34-14-18-2-7-26(32-13-18)39-10-8-31-9-11-39/h2,4-5,7,13,15-16,19,25,31H,3,6,8-12,14H2,1H3,(H2,33,34,35,38)/t19-/m0/s1. The predicted octanol–water partition coefficient (Wildman–Crippen LogP) is 4.75. The molecule has 3 N–H and O–H groups in total. The highest BCUT2D eigenvalue weighted by Gasteiger charge is 2.23. The second-order valence-corrected chi connectivity index (χ2v) is 10.1. The van der Waals surface area contributed by atoms with Gasteiger partial charge in [-0.25, -0.2) is 18.7 Å². The Hall–Kier alpha value is -3.99. The number of rotatable bonds is 8. The molecule has 6 rings (SSSR count). The normalized spacial score (nSPS) is 17.4. The van der Waals surface area contributed by atoms with Crippen molar-refractivity contribution >= 4 is 34.2 Å². The summed E-state index contributed by atoms with van der Waals surface area (Å²) in [5.41, 5.74) is 5.96. The number of nitrogens with zero attached hydrogens (tertiary/aromatic N) is 6. The van der Waals surface area contributed by atoms with Gasteiger partial charge in [-0.15, -0.1) is 0 Å². The second-order valence-electron chi connectivity index (χ2n) is 10.1. The van der Waals surface area contributed by atoms with E-state index in [-0.39, 0.29) is 12.3 Å². The van der Waals surface area contributed by atoms with Crippen molar-refractivity contribution in [3.05, 3.63) is 54.1 Å². The lowest BCUT2D eigenvalue weighted by Crippen LogP contribution is -2.43. The first-order valence-corrected chi connectivity index (χ1v) is 13.4. The number of piperazine rings is 1. The van der Waals surface area contributed by atoms with Crippen molar-refractivity contribution in [2.24, 2.45) is 10.9 Å². The molecule has 0 bridgehead atoms. The molecule has 0 aliphatic carbocycles. The molecule has 0 unspecified atom stereocenters.